The Hall–Kier alpha value is -1.52. The van der Waals surface area contributed by atoms with Crippen molar-refractivity contribution in [1.82, 2.24) is 0 Å². The number of fused-ring (bicyclic) bond motifs is 1. The van der Waals surface area contributed by atoms with Gasteiger partial charge >= 0.3 is 0 Å². The van der Waals surface area contributed by atoms with Crippen LogP contribution in [0.3, 0.4) is 0 Å². The molecule has 2 heterocycles. The Balaban J connectivity index is 2.04. The maximum absolute atomic E-state index is 10.5. The Morgan fingerprint density at radius 1 is 1.17 bits per heavy atom. The summed E-state index contributed by atoms with van der Waals surface area (Å²) in [6, 6.07) is 7.59. The molecule has 18 heavy (non-hydrogen) atoms. The lowest BCUT2D eigenvalue weighted by Crippen LogP contribution is -2.17. The first-order chi connectivity index (χ1) is 8.77. The smallest absolute Gasteiger partial charge is 0.167 e. The van der Waals surface area contributed by atoms with Gasteiger partial charge in [-0.15, -0.1) is 11.3 Å². The van der Waals surface area contributed by atoms with E-state index in [1.807, 2.05) is 36.6 Å². The van der Waals surface area contributed by atoms with E-state index in [2.05, 4.69) is 0 Å². The first kappa shape index (κ1) is 11.6. The summed E-state index contributed by atoms with van der Waals surface area (Å²) in [5, 5.41) is 12.5. The molecule has 0 spiro atoms. The van der Waals surface area contributed by atoms with Gasteiger partial charge in [-0.25, -0.2) is 0 Å². The number of benzene rings is 1. The minimum absolute atomic E-state index is 0.527. The van der Waals surface area contributed by atoms with Crippen LogP contribution in [0.2, 0.25) is 0 Å². The number of hydrogen-bond donors (Lipinski definition) is 1. The van der Waals surface area contributed by atoms with E-state index in [4.69, 9.17) is 9.47 Å². The van der Waals surface area contributed by atoms with Gasteiger partial charge < -0.3 is 14.6 Å². The summed E-state index contributed by atoms with van der Waals surface area (Å²) in [4.78, 5) is 1.12. The third kappa shape index (κ3) is 1.87. The zero-order valence-electron chi connectivity index (χ0n) is 10.1. The van der Waals surface area contributed by atoms with Crippen LogP contribution in [-0.2, 0) is 0 Å². The van der Waals surface area contributed by atoms with Crippen LogP contribution < -0.4 is 9.47 Å². The quantitative estimate of drug-likeness (QED) is 0.904. The van der Waals surface area contributed by atoms with Crippen molar-refractivity contribution < 1.29 is 14.6 Å². The van der Waals surface area contributed by atoms with E-state index in [1.54, 1.807) is 11.3 Å². The molecule has 1 N–H and O–H groups in total. The average Bonchev–Trinajstić information content (AvgIpc) is 2.83. The molecule has 4 heteroatoms. The SMILES string of the molecule is Cc1sccc1C(O)c1cccc2c1OCCO2. The minimum atomic E-state index is -0.659. The molecule has 1 aliphatic rings. The maximum atomic E-state index is 10.5. The summed E-state index contributed by atoms with van der Waals surface area (Å²) in [6.07, 6.45) is -0.659. The lowest BCUT2D eigenvalue weighted by molar-refractivity contribution is 0.158. The number of para-hydroxylation sites is 1. The van der Waals surface area contributed by atoms with Crippen molar-refractivity contribution in [3.63, 3.8) is 0 Å². The second-order valence-corrected chi connectivity index (χ2v) is 5.33. The van der Waals surface area contributed by atoms with E-state index in [0.717, 1.165) is 16.0 Å². The Kier molecular flexibility index (Phi) is 2.97. The molecule has 1 unspecified atom stereocenters. The highest BCUT2D eigenvalue weighted by Gasteiger charge is 2.22. The molecule has 0 bridgehead atoms. The van der Waals surface area contributed by atoms with E-state index in [1.165, 1.54) is 0 Å². The third-order valence-electron chi connectivity index (χ3n) is 3.08. The summed E-state index contributed by atoms with van der Waals surface area (Å²) in [7, 11) is 0. The van der Waals surface area contributed by atoms with Crippen LogP contribution in [0.15, 0.2) is 29.6 Å². The van der Waals surface area contributed by atoms with E-state index in [-0.39, 0.29) is 0 Å². The highest BCUT2D eigenvalue weighted by Crippen LogP contribution is 2.40. The molecular weight excluding hydrogens is 248 g/mol. The molecule has 2 aromatic rings. The largest absolute Gasteiger partial charge is 0.486 e. The number of aryl methyl sites for hydroxylation is 1. The third-order valence-corrected chi connectivity index (χ3v) is 3.95. The van der Waals surface area contributed by atoms with Crippen molar-refractivity contribution in [2.75, 3.05) is 13.2 Å². The number of hydrogen-bond acceptors (Lipinski definition) is 4. The molecule has 0 aliphatic carbocycles. The van der Waals surface area contributed by atoms with Gasteiger partial charge in [0, 0.05) is 10.4 Å². The summed E-state index contributed by atoms with van der Waals surface area (Å²) >= 11 is 1.63. The number of ether oxygens (including phenoxy) is 2. The van der Waals surface area contributed by atoms with E-state index < -0.39 is 6.10 Å². The van der Waals surface area contributed by atoms with Gasteiger partial charge in [-0.05, 0) is 30.0 Å². The van der Waals surface area contributed by atoms with Gasteiger partial charge in [-0.1, -0.05) is 12.1 Å². The first-order valence-corrected chi connectivity index (χ1v) is 6.76. The number of rotatable bonds is 2. The van der Waals surface area contributed by atoms with Crippen LogP contribution in [-0.4, -0.2) is 18.3 Å². The highest BCUT2D eigenvalue weighted by molar-refractivity contribution is 7.10. The Morgan fingerprint density at radius 3 is 2.78 bits per heavy atom. The second kappa shape index (κ2) is 4.63. The minimum Gasteiger partial charge on any atom is -0.486 e. The normalized spacial score (nSPS) is 15.4. The number of thiophene rings is 1. The van der Waals surface area contributed by atoms with Crippen molar-refractivity contribution in [1.29, 1.82) is 0 Å². The van der Waals surface area contributed by atoms with Gasteiger partial charge in [0.05, 0.1) is 0 Å². The fourth-order valence-electron chi connectivity index (χ4n) is 2.16. The summed E-state index contributed by atoms with van der Waals surface area (Å²) in [6.45, 7) is 3.10. The van der Waals surface area contributed by atoms with Gasteiger partial charge in [0.25, 0.3) is 0 Å². The maximum Gasteiger partial charge on any atom is 0.167 e. The van der Waals surface area contributed by atoms with Crippen molar-refractivity contribution in [2.45, 2.75) is 13.0 Å². The van der Waals surface area contributed by atoms with Crippen molar-refractivity contribution in [3.05, 3.63) is 45.6 Å². The van der Waals surface area contributed by atoms with Gasteiger partial charge in [-0.2, -0.15) is 0 Å². The molecule has 1 aromatic carbocycles. The second-order valence-electron chi connectivity index (χ2n) is 4.21. The molecular formula is C14H14O3S. The predicted molar refractivity (Wildman–Crippen MR) is 70.5 cm³/mol. The topological polar surface area (TPSA) is 38.7 Å². The van der Waals surface area contributed by atoms with Gasteiger partial charge in [0.1, 0.15) is 19.3 Å². The first-order valence-electron chi connectivity index (χ1n) is 5.88. The zero-order valence-corrected chi connectivity index (χ0v) is 10.9. The van der Waals surface area contributed by atoms with Crippen LogP contribution in [0.1, 0.15) is 22.1 Å². The summed E-state index contributed by atoms with van der Waals surface area (Å²) < 4.78 is 11.2. The average molecular weight is 262 g/mol. The van der Waals surface area contributed by atoms with Gasteiger partial charge in [0.15, 0.2) is 11.5 Å². The molecule has 3 nitrogen and oxygen atoms in total. The Labute approximate surface area is 110 Å². The van der Waals surface area contributed by atoms with Crippen LogP contribution in [0.25, 0.3) is 0 Å². The van der Waals surface area contributed by atoms with E-state index in [9.17, 15) is 5.11 Å². The molecule has 1 aromatic heterocycles. The highest BCUT2D eigenvalue weighted by atomic mass is 32.1. The molecule has 1 atom stereocenters. The van der Waals surface area contributed by atoms with Crippen LogP contribution >= 0.6 is 11.3 Å². The van der Waals surface area contributed by atoms with E-state index in [0.29, 0.717) is 24.7 Å². The summed E-state index contributed by atoms with van der Waals surface area (Å²) in [5.41, 5.74) is 1.70. The van der Waals surface area contributed by atoms with Crippen LogP contribution in [0.4, 0.5) is 0 Å². The fraction of sp³-hybridized carbons (Fsp3) is 0.286. The molecule has 0 radical (unpaired) electrons. The van der Waals surface area contributed by atoms with Crippen molar-refractivity contribution >= 4 is 11.3 Å². The Bertz CT molecular complexity index is 562. The van der Waals surface area contributed by atoms with Crippen LogP contribution in [0, 0.1) is 6.92 Å². The predicted octanol–water partition coefficient (Wildman–Crippen LogP) is 2.91. The molecule has 3 rings (SSSR count). The molecule has 0 amide bonds. The van der Waals surface area contributed by atoms with Gasteiger partial charge in [-0.3, -0.25) is 0 Å². The molecule has 94 valence electrons. The lowest BCUT2D eigenvalue weighted by atomic mass is 10.0. The molecule has 0 saturated heterocycles. The van der Waals surface area contributed by atoms with Crippen LogP contribution in [0.5, 0.6) is 11.5 Å². The van der Waals surface area contributed by atoms with Crippen molar-refractivity contribution in [2.24, 2.45) is 0 Å². The fourth-order valence-corrected chi connectivity index (χ4v) is 2.89. The monoisotopic (exact) mass is 262 g/mol. The molecule has 0 saturated carbocycles. The van der Waals surface area contributed by atoms with Gasteiger partial charge in [0.2, 0.25) is 0 Å². The van der Waals surface area contributed by atoms with E-state index >= 15 is 0 Å². The standard InChI is InChI=1S/C14H14O3S/c1-9-10(5-8-18-9)13(15)11-3-2-4-12-14(11)17-7-6-16-12/h2-5,8,13,15H,6-7H2,1H3. The van der Waals surface area contributed by atoms with Crippen molar-refractivity contribution in [3.8, 4) is 11.5 Å². The molecule has 1 aliphatic heterocycles. The zero-order chi connectivity index (χ0) is 12.5. The summed E-state index contributed by atoms with van der Waals surface area (Å²) in [5.74, 6) is 1.38. The number of aliphatic hydroxyl groups is 1. The number of aliphatic hydroxyl groups excluding tert-OH is 1. The lowest BCUT2D eigenvalue weighted by Gasteiger charge is -2.23. The Morgan fingerprint density at radius 2 is 2.00 bits per heavy atom. The molecule has 0 fully saturated rings.